The molecular formula is C22H28N2O2. The van der Waals surface area contributed by atoms with Crippen molar-refractivity contribution in [2.45, 2.75) is 39.3 Å². The number of nitrogens with zero attached hydrogens (tertiary/aromatic N) is 1. The van der Waals surface area contributed by atoms with E-state index in [4.69, 9.17) is 4.74 Å². The highest BCUT2D eigenvalue weighted by atomic mass is 16.5. The van der Waals surface area contributed by atoms with Crippen molar-refractivity contribution in [1.82, 2.24) is 4.90 Å². The molecule has 4 heteroatoms. The lowest BCUT2D eigenvalue weighted by Crippen LogP contribution is -2.37. The van der Waals surface area contributed by atoms with Gasteiger partial charge in [-0.3, -0.25) is 9.69 Å². The molecule has 2 aromatic carbocycles. The summed E-state index contributed by atoms with van der Waals surface area (Å²) in [5.74, 6) is 0.899. The fraction of sp³-hybridized carbons (Fsp3) is 0.409. The van der Waals surface area contributed by atoms with Gasteiger partial charge >= 0.3 is 0 Å². The van der Waals surface area contributed by atoms with E-state index in [1.807, 2.05) is 44.2 Å². The van der Waals surface area contributed by atoms with Crippen LogP contribution >= 0.6 is 0 Å². The predicted octanol–water partition coefficient (Wildman–Crippen LogP) is 4.32. The zero-order valence-electron chi connectivity index (χ0n) is 15.7. The summed E-state index contributed by atoms with van der Waals surface area (Å²) in [6.07, 6.45) is 1.87. The molecule has 1 saturated heterocycles. The lowest BCUT2D eigenvalue weighted by atomic mass is 9.95. The van der Waals surface area contributed by atoms with Crippen LogP contribution in [-0.4, -0.2) is 30.0 Å². The molecule has 0 aromatic heterocycles. The Morgan fingerprint density at radius 1 is 1.08 bits per heavy atom. The zero-order valence-corrected chi connectivity index (χ0v) is 15.7. The van der Waals surface area contributed by atoms with Crippen molar-refractivity contribution in [2.24, 2.45) is 5.92 Å². The van der Waals surface area contributed by atoms with Crippen LogP contribution in [0.15, 0.2) is 54.6 Å². The van der Waals surface area contributed by atoms with Gasteiger partial charge in [0.05, 0.1) is 11.8 Å². The Hall–Kier alpha value is -2.33. The van der Waals surface area contributed by atoms with Gasteiger partial charge in [0, 0.05) is 12.5 Å². The Balaban J connectivity index is 1.53. The summed E-state index contributed by atoms with van der Waals surface area (Å²) in [6, 6.07) is 18.2. The Bertz CT molecular complexity index is 707. The number of ether oxygens (including phenoxy) is 1. The third-order valence-electron chi connectivity index (χ3n) is 4.71. The Labute approximate surface area is 156 Å². The van der Waals surface area contributed by atoms with Crippen LogP contribution in [0.25, 0.3) is 0 Å². The number of benzene rings is 2. The van der Waals surface area contributed by atoms with Crippen molar-refractivity contribution in [3.8, 4) is 5.75 Å². The number of amides is 1. The van der Waals surface area contributed by atoms with E-state index in [9.17, 15) is 4.79 Å². The summed E-state index contributed by atoms with van der Waals surface area (Å²) in [5.41, 5.74) is 2.09. The molecule has 1 heterocycles. The monoisotopic (exact) mass is 352 g/mol. The van der Waals surface area contributed by atoms with E-state index >= 15 is 0 Å². The largest absolute Gasteiger partial charge is 0.489 e. The molecular weight excluding hydrogens is 324 g/mol. The van der Waals surface area contributed by atoms with E-state index in [2.05, 4.69) is 34.5 Å². The molecule has 0 radical (unpaired) electrons. The molecule has 4 nitrogen and oxygen atoms in total. The van der Waals surface area contributed by atoms with Crippen molar-refractivity contribution >= 4 is 11.6 Å². The number of likely N-dealkylation sites (tertiary alicyclic amines) is 1. The van der Waals surface area contributed by atoms with Gasteiger partial charge in [-0.15, -0.1) is 0 Å². The summed E-state index contributed by atoms with van der Waals surface area (Å²) in [6.45, 7) is 6.84. The fourth-order valence-electron chi connectivity index (χ4n) is 3.36. The molecule has 1 aliphatic rings. The molecule has 26 heavy (non-hydrogen) atoms. The molecule has 0 saturated carbocycles. The average Bonchev–Trinajstić information content (AvgIpc) is 2.64. The minimum absolute atomic E-state index is 0.0640. The van der Waals surface area contributed by atoms with Crippen LogP contribution in [0.1, 0.15) is 32.3 Å². The number of hydrogen-bond donors (Lipinski definition) is 1. The van der Waals surface area contributed by atoms with Crippen molar-refractivity contribution in [3.63, 3.8) is 0 Å². The number of piperidine rings is 1. The summed E-state index contributed by atoms with van der Waals surface area (Å²) in [5, 5.41) is 3.07. The maximum Gasteiger partial charge on any atom is 0.227 e. The van der Waals surface area contributed by atoms with E-state index in [0.717, 1.165) is 43.9 Å². The summed E-state index contributed by atoms with van der Waals surface area (Å²) < 4.78 is 5.79. The van der Waals surface area contributed by atoms with Gasteiger partial charge in [0.2, 0.25) is 5.91 Å². The van der Waals surface area contributed by atoms with Crippen LogP contribution in [0.2, 0.25) is 0 Å². The number of hydrogen-bond acceptors (Lipinski definition) is 3. The van der Waals surface area contributed by atoms with Crippen molar-refractivity contribution in [2.75, 3.05) is 18.4 Å². The standard InChI is InChI=1S/C22H28N2O2/c1-17(2)26-21-11-7-6-10-20(21)23-22(25)19-12-14-24(15-13-19)16-18-8-4-3-5-9-18/h3-11,17,19H,12-16H2,1-2H3,(H,23,25). The number of para-hydroxylation sites is 2. The molecule has 0 aliphatic carbocycles. The number of carbonyl (C=O) groups excluding carboxylic acids is 1. The van der Waals surface area contributed by atoms with Crippen molar-refractivity contribution < 1.29 is 9.53 Å². The van der Waals surface area contributed by atoms with Crippen LogP contribution in [0.4, 0.5) is 5.69 Å². The van der Waals surface area contributed by atoms with Gasteiger partial charge in [0.25, 0.3) is 0 Å². The van der Waals surface area contributed by atoms with Crippen LogP contribution in [0.3, 0.4) is 0 Å². The molecule has 0 unspecified atom stereocenters. The second kappa shape index (κ2) is 8.86. The highest BCUT2D eigenvalue weighted by molar-refractivity contribution is 5.94. The number of nitrogens with one attached hydrogen (secondary N) is 1. The minimum Gasteiger partial charge on any atom is -0.489 e. The Morgan fingerprint density at radius 3 is 2.42 bits per heavy atom. The lowest BCUT2D eigenvalue weighted by molar-refractivity contribution is -0.121. The van der Waals surface area contributed by atoms with Crippen molar-refractivity contribution in [3.05, 3.63) is 60.2 Å². The maximum absolute atomic E-state index is 12.7. The van der Waals surface area contributed by atoms with E-state index in [0.29, 0.717) is 0 Å². The molecule has 138 valence electrons. The highest BCUT2D eigenvalue weighted by Gasteiger charge is 2.25. The summed E-state index contributed by atoms with van der Waals surface area (Å²) in [4.78, 5) is 15.1. The van der Waals surface area contributed by atoms with Gasteiger partial charge in [-0.25, -0.2) is 0 Å². The summed E-state index contributed by atoms with van der Waals surface area (Å²) in [7, 11) is 0. The SMILES string of the molecule is CC(C)Oc1ccccc1NC(=O)C1CCN(Cc2ccccc2)CC1. The smallest absolute Gasteiger partial charge is 0.227 e. The molecule has 3 rings (SSSR count). The van der Waals surface area contributed by atoms with Gasteiger partial charge in [0.15, 0.2) is 0 Å². The molecule has 1 amide bonds. The zero-order chi connectivity index (χ0) is 18.4. The molecule has 0 bridgehead atoms. The van der Waals surface area contributed by atoms with E-state index in [1.165, 1.54) is 5.56 Å². The predicted molar refractivity (Wildman–Crippen MR) is 105 cm³/mol. The number of anilines is 1. The molecule has 1 N–H and O–H groups in total. The fourth-order valence-corrected chi connectivity index (χ4v) is 3.36. The first-order chi connectivity index (χ1) is 12.6. The first kappa shape index (κ1) is 18.5. The highest BCUT2D eigenvalue weighted by Crippen LogP contribution is 2.27. The first-order valence-electron chi connectivity index (χ1n) is 9.44. The molecule has 0 spiro atoms. The molecule has 2 aromatic rings. The third-order valence-corrected chi connectivity index (χ3v) is 4.71. The topological polar surface area (TPSA) is 41.6 Å². The molecule has 0 atom stereocenters. The van der Waals surface area contributed by atoms with Gasteiger partial charge in [0.1, 0.15) is 5.75 Å². The van der Waals surface area contributed by atoms with Crippen LogP contribution in [0.5, 0.6) is 5.75 Å². The normalized spacial score (nSPS) is 15.8. The first-order valence-corrected chi connectivity index (χ1v) is 9.44. The lowest BCUT2D eigenvalue weighted by Gasteiger charge is -2.31. The quantitative estimate of drug-likeness (QED) is 0.841. The molecule has 1 aliphatic heterocycles. The van der Waals surface area contributed by atoms with Gasteiger partial charge < -0.3 is 10.1 Å². The Morgan fingerprint density at radius 2 is 1.73 bits per heavy atom. The van der Waals surface area contributed by atoms with E-state index in [-0.39, 0.29) is 17.9 Å². The minimum atomic E-state index is 0.0640. The molecule has 1 fully saturated rings. The van der Waals surface area contributed by atoms with Gasteiger partial charge in [-0.1, -0.05) is 42.5 Å². The van der Waals surface area contributed by atoms with Crippen LogP contribution in [-0.2, 0) is 11.3 Å². The number of carbonyl (C=O) groups is 1. The third kappa shape index (κ3) is 5.09. The van der Waals surface area contributed by atoms with Gasteiger partial charge in [-0.2, -0.15) is 0 Å². The average molecular weight is 352 g/mol. The second-order valence-corrected chi connectivity index (χ2v) is 7.19. The van der Waals surface area contributed by atoms with Gasteiger partial charge in [-0.05, 0) is 57.5 Å². The van der Waals surface area contributed by atoms with Crippen LogP contribution < -0.4 is 10.1 Å². The van der Waals surface area contributed by atoms with Crippen LogP contribution in [0, 0.1) is 5.92 Å². The van der Waals surface area contributed by atoms with E-state index < -0.39 is 0 Å². The Kier molecular flexibility index (Phi) is 6.29. The number of rotatable bonds is 6. The summed E-state index contributed by atoms with van der Waals surface area (Å²) >= 11 is 0. The second-order valence-electron chi connectivity index (χ2n) is 7.19. The van der Waals surface area contributed by atoms with E-state index in [1.54, 1.807) is 0 Å². The van der Waals surface area contributed by atoms with Crippen molar-refractivity contribution in [1.29, 1.82) is 0 Å². The maximum atomic E-state index is 12.7.